The first kappa shape index (κ1) is 28.5. The fraction of sp³-hybridized carbons (Fsp3) is 0.667. The van der Waals surface area contributed by atoms with Crippen LogP contribution in [0.4, 0.5) is 8.78 Å². The van der Waals surface area contributed by atoms with Crippen LogP contribution in [0.1, 0.15) is 74.7 Å². The van der Waals surface area contributed by atoms with Crippen molar-refractivity contribution in [2.75, 3.05) is 19.6 Å². The zero-order valence-corrected chi connectivity index (χ0v) is 23.3. The lowest BCUT2D eigenvalue weighted by molar-refractivity contribution is -0.147. The Morgan fingerprint density at radius 1 is 1.18 bits per heavy atom. The number of likely N-dealkylation sites (tertiary alicyclic amines) is 1. The first-order valence-electron chi connectivity index (χ1n) is 14.4. The van der Waals surface area contributed by atoms with Crippen molar-refractivity contribution in [2.45, 2.75) is 82.7 Å². The number of alkyl halides is 2. The van der Waals surface area contributed by atoms with Crippen molar-refractivity contribution in [1.82, 2.24) is 15.5 Å². The number of nitrogens with zero attached hydrogens (tertiary/aromatic N) is 3. The average Bonchev–Trinajstić information content (AvgIpc) is 2.89. The highest BCUT2D eigenvalue weighted by Gasteiger charge is 2.58. The van der Waals surface area contributed by atoms with Gasteiger partial charge in [0.25, 0.3) is 5.92 Å². The van der Waals surface area contributed by atoms with E-state index >= 15 is 0 Å². The molecular formula is C30H39F2N5O3. The molecule has 10 heteroatoms. The Morgan fingerprint density at radius 3 is 2.45 bits per heavy atom. The molecule has 4 saturated carbocycles. The highest BCUT2D eigenvalue weighted by atomic mass is 19.3. The second-order valence-corrected chi connectivity index (χ2v) is 12.9. The van der Waals surface area contributed by atoms with Gasteiger partial charge in [0.05, 0.1) is 29.1 Å². The van der Waals surface area contributed by atoms with Gasteiger partial charge in [-0.15, -0.1) is 0 Å². The van der Waals surface area contributed by atoms with Crippen LogP contribution < -0.4 is 10.6 Å². The van der Waals surface area contributed by atoms with E-state index < -0.39 is 22.8 Å². The molecule has 1 amide bonds. The predicted octanol–water partition coefficient (Wildman–Crippen LogP) is 4.22. The Morgan fingerprint density at radius 2 is 1.85 bits per heavy atom. The van der Waals surface area contributed by atoms with E-state index in [9.17, 15) is 23.6 Å². The fourth-order valence-electron chi connectivity index (χ4n) is 7.95. The van der Waals surface area contributed by atoms with Gasteiger partial charge in [-0.1, -0.05) is 12.1 Å². The van der Waals surface area contributed by atoms with E-state index in [1.165, 1.54) is 0 Å². The predicted molar refractivity (Wildman–Crippen MR) is 146 cm³/mol. The third kappa shape index (κ3) is 5.58. The van der Waals surface area contributed by atoms with E-state index in [0.29, 0.717) is 37.7 Å². The fourth-order valence-corrected chi connectivity index (χ4v) is 7.95. The Bertz CT molecular complexity index is 1190. The highest BCUT2D eigenvalue weighted by molar-refractivity contribution is 5.92. The van der Waals surface area contributed by atoms with Crippen LogP contribution in [0.15, 0.2) is 29.3 Å². The number of amidine groups is 1. The van der Waals surface area contributed by atoms with E-state index in [1.807, 2.05) is 20.0 Å². The monoisotopic (exact) mass is 555 g/mol. The van der Waals surface area contributed by atoms with Gasteiger partial charge in [0, 0.05) is 13.0 Å². The molecule has 216 valence electrons. The largest absolute Gasteiger partial charge is 0.478 e. The van der Waals surface area contributed by atoms with E-state index in [2.05, 4.69) is 10.6 Å². The molecule has 1 aromatic rings. The van der Waals surface area contributed by atoms with Crippen molar-refractivity contribution in [1.29, 1.82) is 5.26 Å². The Hall–Kier alpha value is -3.06. The van der Waals surface area contributed by atoms with Gasteiger partial charge < -0.3 is 10.4 Å². The van der Waals surface area contributed by atoms with Gasteiger partial charge >= 0.3 is 5.97 Å². The van der Waals surface area contributed by atoms with Crippen molar-refractivity contribution in [2.24, 2.45) is 28.2 Å². The van der Waals surface area contributed by atoms with Crippen molar-refractivity contribution in [3.05, 3.63) is 35.4 Å². The third-order valence-corrected chi connectivity index (χ3v) is 9.82. The minimum absolute atomic E-state index is 0.0364. The molecule has 8 nitrogen and oxygen atoms in total. The number of nitrogens with one attached hydrogen (secondary N) is 2. The van der Waals surface area contributed by atoms with Crippen molar-refractivity contribution < 1.29 is 23.5 Å². The Kier molecular flexibility index (Phi) is 7.64. The van der Waals surface area contributed by atoms with Crippen LogP contribution in [-0.2, 0) is 11.2 Å². The summed E-state index contributed by atoms with van der Waals surface area (Å²) in [6, 6.07) is 6.68. The molecule has 1 aromatic carbocycles. The van der Waals surface area contributed by atoms with Crippen LogP contribution in [0, 0.1) is 34.6 Å². The number of amides is 1. The van der Waals surface area contributed by atoms with Gasteiger partial charge in [-0.2, -0.15) is 5.26 Å². The van der Waals surface area contributed by atoms with Crippen LogP contribution in [0.25, 0.3) is 0 Å². The molecule has 5 fully saturated rings. The minimum Gasteiger partial charge on any atom is -0.478 e. The molecule has 0 aromatic heterocycles. The van der Waals surface area contributed by atoms with Gasteiger partial charge in [-0.3, -0.25) is 20.0 Å². The third-order valence-electron chi connectivity index (χ3n) is 9.82. The summed E-state index contributed by atoms with van der Waals surface area (Å²) >= 11 is 0. The van der Waals surface area contributed by atoms with E-state index in [1.54, 1.807) is 29.2 Å². The zero-order chi connectivity index (χ0) is 28.7. The van der Waals surface area contributed by atoms with Crippen LogP contribution in [-0.4, -0.2) is 64.9 Å². The van der Waals surface area contributed by atoms with Crippen LogP contribution in [0.3, 0.4) is 0 Å². The topological polar surface area (TPSA) is 118 Å². The van der Waals surface area contributed by atoms with Crippen molar-refractivity contribution in [3.63, 3.8) is 0 Å². The lowest BCUT2D eigenvalue weighted by atomic mass is 9.47. The average molecular weight is 556 g/mol. The number of aromatic carboxylic acids is 1. The van der Waals surface area contributed by atoms with Crippen molar-refractivity contribution >= 4 is 17.7 Å². The maximum Gasteiger partial charge on any atom is 0.335 e. The number of rotatable bonds is 8. The normalized spacial score (nSPS) is 31.4. The zero-order valence-electron chi connectivity index (χ0n) is 23.3. The number of halogens is 2. The number of carbonyl (C=O) groups is 2. The molecule has 4 bridgehead atoms. The summed E-state index contributed by atoms with van der Waals surface area (Å²) in [5.41, 5.74) is -0.0460. The molecule has 3 N–H and O–H groups in total. The number of carboxylic acid groups (broad SMARTS) is 1. The number of nitriles is 1. The molecule has 4 aliphatic carbocycles. The summed E-state index contributed by atoms with van der Waals surface area (Å²) in [7, 11) is 0. The number of benzene rings is 1. The van der Waals surface area contributed by atoms with Gasteiger partial charge in [0.15, 0.2) is 6.19 Å². The van der Waals surface area contributed by atoms with E-state index in [0.717, 1.165) is 37.7 Å². The second-order valence-electron chi connectivity index (χ2n) is 12.9. The Balaban J connectivity index is 1.26. The number of carbonyl (C=O) groups excluding carboxylic acids is 1. The molecule has 2 unspecified atom stereocenters. The Labute approximate surface area is 234 Å². The molecular weight excluding hydrogens is 516 g/mol. The number of hydrogen-bond acceptors (Lipinski definition) is 5. The SMILES string of the molecule is CC(C)(C(=NC1C2CC3CC1CC(C(=O)NCCc1ccc(C(=O)O)cc1)(C3)C2)NC#N)N1CCCC(F)(F)C1. The van der Waals surface area contributed by atoms with Crippen LogP contribution in [0.2, 0.25) is 0 Å². The molecule has 0 spiro atoms. The summed E-state index contributed by atoms with van der Waals surface area (Å²) in [6.45, 7) is 4.38. The maximum absolute atomic E-state index is 14.3. The van der Waals surface area contributed by atoms with Gasteiger partial charge in [0.1, 0.15) is 5.84 Å². The smallest absolute Gasteiger partial charge is 0.335 e. The molecule has 6 rings (SSSR count). The standard InChI is InChI=1S/C30H39F2N5O3/c1-28(2,37-11-3-9-30(31,32)17-37)26(35-18-33)36-24-22-12-20-13-23(24)16-29(14-20,15-22)27(40)34-10-8-19-4-6-21(7-5-19)25(38)39/h4-7,20,22-24H,3,8-17H2,1-2H3,(H,34,40)(H,35,36)(H,38,39). The number of piperidine rings is 1. The molecule has 1 heterocycles. The quantitative estimate of drug-likeness (QED) is 0.191. The molecule has 2 atom stereocenters. The van der Waals surface area contributed by atoms with Crippen LogP contribution >= 0.6 is 0 Å². The molecule has 1 aliphatic heterocycles. The number of aliphatic imine (C=N–C) groups is 1. The summed E-state index contributed by atoms with van der Waals surface area (Å²) in [4.78, 5) is 31.4. The van der Waals surface area contributed by atoms with Gasteiger partial charge in [0.2, 0.25) is 5.91 Å². The first-order chi connectivity index (χ1) is 18.9. The summed E-state index contributed by atoms with van der Waals surface area (Å²) in [6.07, 6.45) is 7.26. The molecule has 0 radical (unpaired) electrons. The van der Waals surface area contributed by atoms with E-state index in [-0.39, 0.29) is 42.3 Å². The van der Waals surface area contributed by atoms with Gasteiger partial charge in [-0.25, -0.2) is 13.6 Å². The maximum atomic E-state index is 14.3. The summed E-state index contributed by atoms with van der Waals surface area (Å²) in [5, 5.41) is 24.5. The molecule has 40 heavy (non-hydrogen) atoms. The summed E-state index contributed by atoms with van der Waals surface area (Å²) < 4.78 is 28.5. The minimum atomic E-state index is -2.75. The summed E-state index contributed by atoms with van der Waals surface area (Å²) in [5.74, 6) is -2.28. The number of carboxylic acids is 1. The highest BCUT2D eigenvalue weighted by Crippen LogP contribution is 2.61. The second kappa shape index (κ2) is 10.7. The van der Waals surface area contributed by atoms with Gasteiger partial charge in [-0.05, 0) is 101 Å². The van der Waals surface area contributed by atoms with Crippen molar-refractivity contribution in [3.8, 4) is 6.19 Å². The molecule has 1 saturated heterocycles. The lowest BCUT2D eigenvalue weighted by Crippen LogP contribution is -2.61. The first-order valence-corrected chi connectivity index (χ1v) is 14.4. The number of hydrogen-bond donors (Lipinski definition) is 3. The van der Waals surface area contributed by atoms with E-state index in [4.69, 9.17) is 10.1 Å². The van der Waals surface area contributed by atoms with Crippen LogP contribution in [0.5, 0.6) is 0 Å². The lowest BCUT2D eigenvalue weighted by Gasteiger charge is -2.58. The molecule has 5 aliphatic rings.